The van der Waals surface area contributed by atoms with Crippen molar-refractivity contribution in [1.29, 1.82) is 5.26 Å². The van der Waals surface area contributed by atoms with Gasteiger partial charge in [0.25, 0.3) is 0 Å². The van der Waals surface area contributed by atoms with Crippen LogP contribution in [0.4, 0.5) is 11.5 Å². The van der Waals surface area contributed by atoms with Crippen LogP contribution in [0.2, 0.25) is 0 Å². The van der Waals surface area contributed by atoms with Crippen molar-refractivity contribution in [2.45, 2.75) is 18.9 Å². The second kappa shape index (κ2) is 4.46. The van der Waals surface area contributed by atoms with Crippen LogP contribution in [-0.4, -0.2) is 42.1 Å². The number of nitrogens with zero attached hydrogens (tertiary/aromatic N) is 4. The van der Waals surface area contributed by atoms with Crippen molar-refractivity contribution >= 4 is 11.5 Å². The topological polar surface area (TPSA) is 69.2 Å². The molecule has 5 heteroatoms. The van der Waals surface area contributed by atoms with Gasteiger partial charge in [0, 0.05) is 38.4 Å². The van der Waals surface area contributed by atoms with E-state index in [1.54, 1.807) is 12.3 Å². The molecule has 1 saturated heterocycles. The number of rotatable bonds is 2. The minimum atomic E-state index is 0.521. The van der Waals surface area contributed by atoms with Gasteiger partial charge in [0.05, 0.1) is 11.3 Å². The molecule has 0 amide bonds. The summed E-state index contributed by atoms with van der Waals surface area (Å²) in [6, 6.07) is 4.59. The van der Waals surface area contributed by atoms with Crippen molar-refractivity contribution in [1.82, 2.24) is 9.88 Å². The van der Waals surface area contributed by atoms with E-state index in [9.17, 15) is 0 Å². The number of anilines is 2. The fraction of sp³-hybridized carbons (Fsp3) is 0.538. The lowest BCUT2D eigenvalue weighted by Crippen LogP contribution is -2.47. The molecule has 94 valence electrons. The summed E-state index contributed by atoms with van der Waals surface area (Å²) >= 11 is 0. The molecule has 2 heterocycles. The Hall–Kier alpha value is -1.80. The number of nitrogen functional groups attached to an aromatic ring is 1. The third-order valence-corrected chi connectivity index (χ3v) is 3.70. The summed E-state index contributed by atoms with van der Waals surface area (Å²) in [6.45, 7) is 4.12. The molecule has 3 rings (SSSR count). The van der Waals surface area contributed by atoms with Gasteiger partial charge in [0.15, 0.2) is 5.82 Å². The SMILES string of the molecule is N#Cc1cnc(N2CCN(C3CC3)CC2)c(N)c1. The molecule has 2 aliphatic rings. The Bertz CT molecular complexity index is 481. The van der Waals surface area contributed by atoms with Crippen molar-refractivity contribution in [2.75, 3.05) is 36.8 Å². The van der Waals surface area contributed by atoms with Gasteiger partial charge in [0.2, 0.25) is 0 Å². The van der Waals surface area contributed by atoms with Crippen molar-refractivity contribution in [3.8, 4) is 6.07 Å². The molecule has 1 aromatic rings. The highest BCUT2D eigenvalue weighted by Crippen LogP contribution is 2.29. The fourth-order valence-electron chi connectivity index (χ4n) is 2.54. The zero-order chi connectivity index (χ0) is 12.5. The first-order valence-corrected chi connectivity index (χ1v) is 6.42. The molecule has 0 radical (unpaired) electrons. The average Bonchev–Trinajstić information content (AvgIpc) is 3.23. The molecule has 2 N–H and O–H groups in total. The van der Waals surface area contributed by atoms with Crippen LogP contribution >= 0.6 is 0 Å². The maximum atomic E-state index is 8.80. The maximum Gasteiger partial charge on any atom is 0.151 e. The average molecular weight is 243 g/mol. The predicted molar refractivity (Wildman–Crippen MR) is 70.2 cm³/mol. The van der Waals surface area contributed by atoms with Gasteiger partial charge in [0.1, 0.15) is 6.07 Å². The fourth-order valence-corrected chi connectivity index (χ4v) is 2.54. The molecule has 0 bridgehead atoms. The van der Waals surface area contributed by atoms with Gasteiger partial charge < -0.3 is 10.6 Å². The summed E-state index contributed by atoms with van der Waals surface area (Å²) < 4.78 is 0. The third kappa shape index (κ3) is 2.12. The molecular weight excluding hydrogens is 226 g/mol. The van der Waals surface area contributed by atoms with E-state index >= 15 is 0 Å². The van der Waals surface area contributed by atoms with E-state index in [1.165, 1.54) is 12.8 Å². The molecule has 1 aliphatic heterocycles. The van der Waals surface area contributed by atoms with Crippen molar-refractivity contribution in [2.24, 2.45) is 0 Å². The van der Waals surface area contributed by atoms with Crippen molar-refractivity contribution < 1.29 is 0 Å². The van der Waals surface area contributed by atoms with Gasteiger partial charge in [-0.3, -0.25) is 4.90 Å². The lowest BCUT2D eigenvalue weighted by molar-refractivity contribution is 0.247. The smallest absolute Gasteiger partial charge is 0.151 e. The highest BCUT2D eigenvalue weighted by Gasteiger charge is 2.31. The van der Waals surface area contributed by atoms with Gasteiger partial charge in [-0.2, -0.15) is 5.26 Å². The van der Waals surface area contributed by atoms with Gasteiger partial charge in [-0.15, -0.1) is 0 Å². The summed E-state index contributed by atoms with van der Waals surface area (Å²) in [5.74, 6) is 0.824. The standard InChI is InChI=1S/C13H17N5/c14-8-10-7-12(15)13(16-9-10)18-5-3-17(4-6-18)11-1-2-11/h7,9,11H,1-6,15H2. The number of pyridine rings is 1. The lowest BCUT2D eigenvalue weighted by Gasteiger charge is -2.35. The van der Waals surface area contributed by atoms with E-state index in [0.29, 0.717) is 11.3 Å². The molecule has 0 aromatic carbocycles. The second-order valence-corrected chi connectivity index (χ2v) is 5.00. The first-order valence-electron chi connectivity index (χ1n) is 6.42. The Morgan fingerprint density at radius 3 is 2.56 bits per heavy atom. The summed E-state index contributed by atoms with van der Waals surface area (Å²) in [5, 5.41) is 8.80. The van der Waals surface area contributed by atoms with Gasteiger partial charge in [-0.25, -0.2) is 4.98 Å². The summed E-state index contributed by atoms with van der Waals surface area (Å²) in [7, 11) is 0. The van der Waals surface area contributed by atoms with Gasteiger partial charge in [-0.05, 0) is 18.9 Å². The van der Waals surface area contributed by atoms with E-state index < -0.39 is 0 Å². The molecule has 2 fully saturated rings. The van der Waals surface area contributed by atoms with Crippen LogP contribution in [-0.2, 0) is 0 Å². The normalized spacial score (nSPS) is 20.7. The van der Waals surface area contributed by atoms with Gasteiger partial charge in [-0.1, -0.05) is 0 Å². The van der Waals surface area contributed by atoms with E-state index in [0.717, 1.165) is 38.0 Å². The van der Waals surface area contributed by atoms with Crippen molar-refractivity contribution in [3.05, 3.63) is 17.8 Å². The van der Waals surface area contributed by atoms with Crippen LogP contribution in [0, 0.1) is 11.3 Å². The van der Waals surface area contributed by atoms with Crippen LogP contribution in [0.1, 0.15) is 18.4 Å². The number of aromatic nitrogens is 1. The number of hydrogen-bond acceptors (Lipinski definition) is 5. The van der Waals surface area contributed by atoms with E-state index in [2.05, 4.69) is 20.9 Å². The molecule has 1 aromatic heterocycles. The molecule has 5 nitrogen and oxygen atoms in total. The largest absolute Gasteiger partial charge is 0.396 e. The first kappa shape index (κ1) is 11.3. The molecule has 1 saturated carbocycles. The Labute approximate surface area is 107 Å². The van der Waals surface area contributed by atoms with Crippen LogP contribution in [0.3, 0.4) is 0 Å². The molecule has 18 heavy (non-hydrogen) atoms. The van der Waals surface area contributed by atoms with Crippen molar-refractivity contribution in [3.63, 3.8) is 0 Å². The minimum absolute atomic E-state index is 0.521. The van der Waals surface area contributed by atoms with Crippen LogP contribution in [0.5, 0.6) is 0 Å². The van der Waals surface area contributed by atoms with Crippen LogP contribution in [0.25, 0.3) is 0 Å². The summed E-state index contributed by atoms with van der Waals surface area (Å²) in [5.41, 5.74) is 7.09. The Balaban J connectivity index is 1.70. The highest BCUT2D eigenvalue weighted by molar-refractivity contribution is 5.64. The Morgan fingerprint density at radius 2 is 2.00 bits per heavy atom. The maximum absolute atomic E-state index is 8.80. The molecule has 0 unspecified atom stereocenters. The molecule has 1 aliphatic carbocycles. The number of nitrogens with two attached hydrogens (primary N) is 1. The predicted octanol–water partition coefficient (Wildman–Crippen LogP) is 0.820. The Morgan fingerprint density at radius 1 is 1.28 bits per heavy atom. The van der Waals surface area contributed by atoms with E-state index in [1.807, 2.05) is 0 Å². The zero-order valence-corrected chi connectivity index (χ0v) is 10.3. The quantitative estimate of drug-likeness (QED) is 0.832. The third-order valence-electron chi connectivity index (χ3n) is 3.70. The number of hydrogen-bond donors (Lipinski definition) is 1. The monoisotopic (exact) mass is 243 g/mol. The minimum Gasteiger partial charge on any atom is -0.396 e. The summed E-state index contributed by atoms with van der Waals surface area (Å²) in [4.78, 5) is 9.09. The lowest BCUT2D eigenvalue weighted by atomic mass is 10.2. The molecule has 0 spiro atoms. The number of nitriles is 1. The van der Waals surface area contributed by atoms with E-state index in [-0.39, 0.29) is 0 Å². The number of piperazine rings is 1. The van der Waals surface area contributed by atoms with Gasteiger partial charge >= 0.3 is 0 Å². The zero-order valence-electron chi connectivity index (χ0n) is 10.3. The first-order chi connectivity index (χ1) is 8.78. The van der Waals surface area contributed by atoms with Crippen LogP contribution < -0.4 is 10.6 Å². The van der Waals surface area contributed by atoms with Crippen LogP contribution in [0.15, 0.2) is 12.3 Å². The van der Waals surface area contributed by atoms with E-state index in [4.69, 9.17) is 11.0 Å². The molecular formula is C13H17N5. The highest BCUT2D eigenvalue weighted by atomic mass is 15.3. The Kier molecular flexibility index (Phi) is 2.80. The summed E-state index contributed by atoms with van der Waals surface area (Å²) in [6.07, 6.45) is 4.31. The second-order valence-electron chi connectivity index (χ2n) is 5.00. The molecule has 0 atom stereocenters.